The first-order chi connectivity index (χ1) is 10.2. The van der Waals surface area contributed by atoms with E-state index in [2.05, 4.69) is 0 Å². The SMILES string of the molecule is CCCC(C)(C)OOC(CN1C(=O)C=C(C)C1=O)(OC)OC. The summed E-state index contributed by atoms with van der Waals surface area (Å²) in [7, 11) is 2.70. The third-order valence-electron chi connectivity index (χ3n) is 3.41. The van der Waals surface area contributed by atoms with Gasteiger partial charge in [0.2, 0.25) is 0 Å². The minimum Gasteiger partial charge on any atom is -0.328 e. The number of ether oxygens (including phenoxy) is 2. The van der Waals surface area contributed by atoms with Gasteiger partial charge in [0.15, 0.2) is 0 Å². The number of methoxy groups -OCH3 is 2. The zero-order valence-electron chi connectivity index (χ0n) is 14.1. The van der Waals surface area contributed by atoms with Crippen LogP contribution in [0.2, 0.25) is 0 Å². The van der Waals surface area contributed by atoms with Gasteiger partial charge in [-0.25, -0.2) is 4.89 Å². The van der Waals surface area contributed by atoms with Gasteiger partial charge in [-0.15, -0.1) is 0 Å². The fourth-order valence-corrected chi connectivity index (χ4v) is 2.11. The van der Waals surface area contributed by atoms with E-state index in [1.807, 2.05) is 20.8 Å². The standard InChI is InChI=1S/C15H25NO6/c1-7-8-14(3,4)21-22-15(19-5,20-6)10-16-12(17)9-11(2)13(16)18/h9H,7-8,10H2,1-6H3. The lowest BCUT2D eigenvalue weighted by Gasteiger charge is -2.34. The Kier molecular flexibility index (Phi) is 6.25. The Bertz CT molecular complexity index is 453. The van der Waals surface area contributed by atoms with E-state index in [0.29, 0.717) is 5.57 Å². The van der Waals surface area contributed by atoms with Crippen molar-refractivity contribution in [3.63, 3.8) is 0 Å². The van der Waals surface area contributed by atoms with Crippen molar-refractivity contribution in [3.05, 3.63) is 11.6 Å². The van der Waals surface area contributed by atoms with Crippen LogP contribution in [0.4, 0.5) is 0 Å². The molecule has 0 N–H and O–H groups in total. The van der Waals surface area contributed by atoms with Gasteiger partial charge in [-0.1, -0.05) is 13.3 Å². The van der Waals surface area contributed by atoms with E-state index in [1.165, 1.54) is 20.3 Å². The van der Waals surface area contributed by atoms with Crippen LogP contribution in [0.5, 0.6) is 0 Å². The summed E-state index contributed by atoms with van der Waals surface area (Å²) in [6.45, 7) is 7.10. The van der Waals surface area contributed by atoms with E-state index in [1.54, 1.807) is 6.92 Å². The number of nitrogens with zero attached hydrogens (tertiary/aromatic N) is 1. The number of hydrogen-bond acceptors (Lipinski definition) is 6. The first-order valence-corrected chi connectivity index (χ1v) is 7.21. The predicted molar refractivity (Wildman–Crippen MR) is 78.4 cm³/mol. The highest BCUT2D eigenvalue weighted by molar-refractivity contribution is 6.15. The third-order valence-corrected chi connectivity index (χ3v) is 3.41. The largest absolute Gasteiger partial charge is 0.330 e. The van der Waals surface area contributed by atoms with Gasteiger partial charge in [-0.2, -0.15) is 4.89 Å². The van der Waals surface area contributed by atoms with Crippen LogP contribution in [0.25, 0.3) is 0 Å². The van der Waals surface area contributed by atoms with Crippen LogP contribution in [0, 0.1) is 0 Å². The maximum Gasteiger partial charge on any atom is 0.330 e. The van der Waals surface area contributed by atoms with Crippen molar-refractivity contribution in [2.24, 2.45) is 0 Å². The number of hydrogen-bond donors (Lipinski definition) is 0. The topological polar surface area (TPSA) is 74.3 Å². The molecule has 0 radical (unpaired) electrons. The van der Waals surface area contributed by atoms with Gasteiger partial charge < -0.3 is 9.47 Å². The predicted octanol–water partition coefficient (Wildman–Crippen LogP) is 1.78. The van der Waals surface area contributed by atoms with E-state index in [4.69, 9.17) is 19.2 Å². The van der Waals surface area contributed by atoms with Crippen molar-refractivity contribution in [3.8, 4) is 0 Å². The molecule has 0 unspecified atom stereocenters. The van der Waals surface area contributed by atoms with E-state index >= 15 is 0 Å². The third kappa shape index (κ3) is 4.36. The van der Waals surface area contributed by atoms with Gasteiger partial charge in [0.05, 0.1) is 5.60 Å². The number of rotatable bonds is 9. The van der Waals surface area contributed by atoms with Crippen molar-refractivity contribution >= 4 is 11.8 Å². The van der Waals surface area contributed by atoms with Crippen molar-refractivity contribution in [2.75, 3.05) is 20.8 Å². The first-order valence-electron chi connectivity index (χ1n) is 7.21. The van der Waals surface area contributed by atoms with Crippen LogP contribution < -0.4 is 0 Å². The molecule has 0 aliphatic carbocycles. The molecule has 2 amide bonds. The van der Waals surface area contributed by atoms with E-state index in [-0.39, 0.29) is 6.54 Å². The van der Waals surface area contributed by atoms with Crippen LogP contribution in [-0.4, -0.2) is 49.1 Å². The van der Waals surface area contributed by atoms with Gasteiger partial charge in [0.25, 0.3) is 11.8 Å². The smallest absolute Gasteiger partial charge is 0.328 e. The molecule has 1 aliphatic rings. The molecule has 1 rings (SSSR count). The summed E-state index contributed by atoms with van der Waals surface area (Å²) in [5.74, 6) is -2.51. The summed E-state index contributed by atoms with van der Waals surface area (Å²) in [6, 6.07) is 0. The molecule has 0 bridgehead atoms. The summed E-state index contributed by atoms with van der Waals surface area (Å²) in [5, 5.41) is 0. The summed E-state index contributed by atoms with van der Waals surface area (Å²) in [5.41, 5.74) is -0.192. The normalized spacial score (nSPS) is 16.5. The monoisotopic (exact) mass is 315 g/mol. The lowest BCUT2D eigenvalue weighted by molar-refractivity contribution is -0.520. The lowest BCUT2D eigenvalue weighted by Crippen LogP contribution is -2.51. The summed E-state index contributed by atoms with van der Waals surface area (Å²) in [4.78, 5) is 35.5. The van der Waals surface area contributed by atoms with Crippen molar-refractivity contribution in [1.82, 2.24) is 4.90 Å². The number of carbonyl (C=O) groups is 2. The minimum atomic E-state index is -1.67. The highest BCUT2D eigenvalue weighted by Gasteiger charge is 2.42. The molecule has 0 saturated heterocycles. The molecule has 7 nitrogen and oxygen atoms in total. The van der Waals surface area contributed by atoms with Crippen LogP contribution in [0.1, 0.15) is 40.5 Å². The molecule has 22 heavy (non-hydrogen) atoms. The van der Waals surface area contributed by atoms with Crippen molar-refractivity contribution < 1.29 is 28.8 Å². The number of imide groups is 1. The maximum atomic E-state index is 12.0. The Balaban J connectivity index is 2.80. The van der Waals surface area contributed by atoms with Crippen LogP contribution in [0.3, 0.4) is 0 Å². The molecule has 0 fully saturated rings. The molecule has 126 valence electrons. The number of amides is 2. The molecule has 0 aromatic heterocycles. The average Bonchev–Trinajstić information content (AvgIpc) is 2.69. The Morgan fingerprint density at radius 2 is 1.73 bits per heavy atom. The van der Waals surface area contributed by atoms with Crippen molar-refractivity contribution in [2.45, 2.75) is 52.1 Å². The second-order valence-electron chi connectivity index (χ2n) is 5.82. The van der Waals surface area contributed by atoms with Gasteiger partial charge >= 0.3 is 5.97 Å². The maximum absolute atomic E-state index is 12.0. The fourth-order valence-electron chi connectivity index (χ4n) is 2.11. The first kappa shape index (κ1) is 18.8. The van der Waals surface area contributed by atoms with Gasteiger partial charge in [-0.05, 0) is 27.2 Å². The molecule has 0 aromatic rings. The minimum absolute atomic E-state index is 0.228. The summed E-state index contributed by atoms with van der Waals surface area (Å²) in [6.07, 6.45) is 2.94. The summed E-state index contributed by atoms with van der Waals surface area (Å²) < 4.78 is 10.4. The van der Waals surface area contributed by atoms with Crippen molar-refractivity contribution in [1.29, 1.82) is 0 Å². The van der Waals surface area contributed by atoms with Gasteiger partial charge in [0, 0.05) is 25.9 Å². The number of carbonyl (C=O) groups excluding carboxylic acids is 2. The van der Waals surface area contributed by atoms with Crippen LogP contribution in [0.15, 0.2) is 11.6 Å². The van der Waals surface area contributed by atoms with Gasteiger partial charge in [-0.3, -0.25) is 14.5 Å². The molecule has 1 heterocycles. The molecule has 1 aliphatic heterocycles. The highest BCUT2D eigenvalue weighted by Crippen LogP contribution is 2.25. The Hall–Kier alpha value is -1.28. The molecule has 0 aromatic carbocycles. The molecule has 0 spiro atoms. The van der Waals surface area contributed by atoms with Crippen LogP contribution in [-0.2, 0) is 28.8 Å². The summed E-state index contributed by atoms with van der Waals surface area (Å²) >= 11 is 0. The average molecular weight is 315 g/mol. The zero-order valence-corrected chi connectivity index (χ0v) is 14.1. The Labute approximate surface area is 131 Å². The lowest BCUT2D eigenvalue weighted by atomic mass is 10.0. The molecule has 0 saturated carbocycles. The fraction of sp³-hybridized carbons (Fsp3) is 0.733. The molecular weight excluding hydrogens is 290 g/mol. The molecular formula is C15H25NO6. The highest BCUT2D eigenvalue weighted by atomic mass is 17.3. The molecule has 7 heteroatoms. The van der Waals surface area contributed by atoms with E-state index in [9.17, 15) is 9.59 Å². The quantitative estimate of drug-likeness (QED) is 0.279. The zero-order chi connectivity index (χ0) is 17.0. The Morgan fingerprint density at radius 3 is 2.14 bits per heavy atom. The Morgan fingerprint density at radius 1 is 1.14 bits per heavy atom. The second-order valence-corrected chi connectivity index (χ2v) is 5.82. The van der Waals surface area contributed by atoms with E-state index < -0.39 is 23.4 Å². The van der Waals surface area contributed by atoms with Crippen LogP contribution >= 0.6 is 0 Å². The molecule has 0 atom stereocenters. The second kappa shape index (κ2) is 7.32. The van der Waals surface area contributed by atoms with Gasteiger partial charge in [0.1, 0.15) is 6.54 Å². The van der Waals surface area contributed by atoms with E-state index in [0.717, 1.165) is 17.7 Å².